The van der Waals surface area contributed by atoms with Gasteiger partial charge in [0, 0.05) is 12.0 Å². The average Bonchev–Trinajstić information content (AvgIpc) is 2.27. The third kappa shape index (κ3) is 3.45. The van der Waals surface area contributed by atoms with Crippen molar-refractivity contribution in [2.24, 2.45) is 5.73 Å². The summed E-state index contributed by atoms with van der Waals surface area (Å²) in [5, 5.41) is 0. The van der Waals surface area contributed by atoms with Crippen LogP contribution in [0.1, 0.15) is 12.0 Å². The van der Waals surface area contributed by atoms with E-state index < -0.39 is 35.7 Å². The maximum Gasteiger partial charge on any atom is 0.322 e. The smallest absolute Gasteiger partial charge is 0.322 e. The number of hydrogen-bond donors (Lipinski definition) is 1. The summed E-state index contributed by atoms with van der Waals surface area (Å²) in [6.07, 6.45) is -0.927. The number of rotatable bonds is 4. The Kier molecular flexibility index (Phi) is 4.11. The van der Waals surface area contributed by atoms with Crippen molar-refractivity contribution in [3.05, 3.63) is 35.6 Å². The lowest BCUT2D eigenvalue weighted by atomic mass is 10.0. The zero-order valence-electron chi connectivity index (χ0n) is 9.12. The summed E-state index contributed by atoms with van der Waals surface area (Å²) in [7, 11) is 1.06. The van der Waals surface area contributed by atoms with E-state index in [9.17, 15) is 18.0 Å². The number of carbonyl (C=O) groups is 1. The van der Waals surface area contributed by atoms with Crippen molar-refractivity contribution in [3.8, 4) is 0 Å². The minimum atomic E-state index is -3.38. The first kappa shape index (κ1) is 13.5. The molecule has 1 rings (SSSR count). The molecule has 1 atom stereocenters. The Bertz CT molecular complexity index is 409. The molecule has 1 aromatic carbocycles. The van der Waals surface area contributed by atoms with Crippen LogP contribution in [0.4, 0.5) is 13.2 Å². The second-order valence-electron chi connectivity index (χ2n) is 3.55. The summed E-state index contributed by atoms with van der Waals surface area (Å²) in [5.41, 5.74) is 4.72. The Morgan fingerprint density at radius 3 is 2.71 bits per heavy atom. The molecule has 0 spiro atoms. The standard InChI is InChI=1S/C11H12F3NO2/c1-17-10(16)9(15)6-11(13,14)7-3-2-4-8(12)5-7/h2-5,9H,6,15H2,1H3. The molecule has 0 fully saturated rings. The lowest BCUT2D eigenvalue weighted by Crippen LogP contribution is -2.36. The Labute approximate surface area is 96.4 Å². The fourth-order valence-electron chi connectivity index (χ4n) is 1.34. The minimum Gasteiger partial charge on any atom is -0.468 e. The van der Waals surface area contributed by atoms with Crippen LogP contribution in [-0.4, -0.2) is 19.1 Å². The van der Waals surface area contributed by atoms with E-state index >= 15 is 0 Å². The molecule has 0 amide bonds. The molecule has 94 valence electrons. The number of nitrogens with two attached hydrogens (primary N) is 1. The highest BCUT2D eigenvalue weighted by molar-refractivity contribution is 5.75. The van der Waals surface area contributed by atoms with Gasteiger partial charge in [-0.1, -0.05) is 12.1 Å². The molecule has 0 saturated carbocycles. The van der Waals surface area contributed by atoms with Gasteiger partial charge in [-0.3, -0.25) is 4.79 Å². The quantitative estimate of drug-likeness (QED) is 0.825. The van der Waals surface area contributed by atoms with E-state index in [0.29, 0.717) is 6.07 Å². The van der Waals surface area contributed by atoms with Crippen molar-refractivity contribution >= 4 is 5.97 Å². The molecule has 0 heterocycles. The van der Waals surface area contributed by atoms with Crippen LogP contribution >= 0.6 is 0 Å². The highest BCUT2D eigenvalue weighted by atomic mass is 19.3. The number of carbonyl (C=O) groups excluding carboxylic acids is 1. The number of halogens is 3. The van der Waals surface area contributed by atoms with E-state index in [0.717, 1.165) is 19.2 Å². The van der Waals surface area contributed by atoms with Crippen molar-refractivity contribution in [2.75, 3.05) is 7.11 Å². The van der Waals surface area contributed by atoms with Crippen LogP contribution in [0.15, 0.2) is 24.3 Å². The third-order valence-corrected chi connectivity index (χ3v) is 2.23. The summed E-state index contributed by atoms with van der Waals surface area (Å²) in [4.78, 5) is 10.9. The second-order valence-corrected chi connectivity index (χ2v) is 3.55. The molecule has 0 bridgehead atoms. The van der Waals surface area contributed by atoms with Crippen LogP contribution in [0.25, 0.3) is 0 Å². The molecule has 3 nitrogen and oxygen atoms in total. The molecule has 0 aliphatic rings. The molecule has 0 radical (unpaired) electrons. The number of methoxy groups -OCH3 is 1. The average molecular weight is 247 g/mol. The van der Waals surface area contributed by atoms with Crippen LogP contribution in [0.3, 0.4) is 0 Å². The Hall–Kier alpha value is -1.56. The summed E-state index contributed by atoms with van der Waals surface area (Å²) in [6, 6.07) is 2.57. The molecule has 0 aromatic heterocycles. The fraction of sp³-hybridized carbons (Fsp3) is 0.364. The van der Waals surface area contributed by atoms with Gasteiger partial charge in [0.15, 0.2) is 0 Å². The highest BCUT2D eigenvalue weighted by Gasteiger charge is 2.36. The lowest BCUT2D eigenvalue weighted by molar-refractivity contribution is -0.145. The van der Waals surface area contributed by atoms with Gasteiger partial charge in [0.1, 0.15) is 11.9 Å². The zero-order chi connectivity index (χ0) is 13.1. The van der Waals surface area contributed by atoms with Crippen molar-refractivity contribution in [1.82, 2.24) is 0 Å². The van der Waals surface area contributed by atoms with Crippen LogP contribution in [-0.2, 0) is 15.5 Å². The molecule has 1 aromatic rings. The molecule has 1 unspecified atom stereocenters. The maximum absolute atomic E-state index is 13.6. The van der Waals surface area contributed by atoms with Crippen molar-refractivity contribution < 1.29 is 22.7 Å². The molecule has 17 heavy (non-hydrogen) atoms. The van der Waals surface area contributed by atoms with Gasteiger partial charge in [-0.25, -0.2) is 13.2 Å². The lowest BCUT2D eigenvalue weighted by Gasteiger charge is -2.19. The first-order valence-electron chi connectivity index (χ1n) is 4.84. The van der Waals surface area contributed by atoms with Gasteiger partial charge in [-0.15, -0.1) is 0 Å². The van der Waals surface area contributed by atoms with Gasteiger partial charge in [0.2, 0.25) is 0 Å². The van der Waals surface area contributed by atoms with Crippen molar-refractivity contribution in [3.63, 3.8) is 0 Å². The van der Waals surface area contributed by atoms with E-state index in [1.165, 1.54) is 6.07 Å². The highest BCUT2D eigenvalue weighted by Crippen LogP contribution is 2.32. The molecule has 2 N–H and O–H groups in total. The number of alkyl halides is 2. The van der Waals surface area contributed by atoms with Crippen molar-refractivity contribution in [1.29, 1.82) is 0 Å². The fourth-order valence-corrected chi connectivity index (χ4v) is 1.34. The summed E-state index contributed by atoms with van der Waals surface area (Å²) < 4.78 is 44.3. The van der Waals surface area contributed by atoms with Crippen LogP contribution in [0, 0.1) is 5.82 Å². The largest absolute Gasteiger partial charge is 0.468 e. The third-order valence-electron chi connectivity index (χ3n) is 2.23. The SMILES string of the molecule is COC(=O)C(N)CC(F)(F)c1cccc(F)c1. The number of benzene rings is 1. The number of hydrogen-bond acceptors (Lipinski definition) is 3. The molecule has 6 heteroatoms. The van der Waals surface area contributed by atoms with Crippen LogP contribution in [0.2, 0.25) is 0 Å². The van der Waals surface area contributed by atoms with Crippen molar-refractivity contribution in [2.45, 2.75) is 18.4 Å². The first-order chi connectivity index (χ1) is 7.86. The van der Waals surface area contributed by atoms with Gasteiger partial charge >= 0.3 is 5.97 Å². The molecular weight excluding hydrogens is 235 g/mol. The van der Waals surface area contributed by atoms with Gasteiger partial charge in [-0.2, -0.15) is 0 Å². The number of esters is 1. The topological polar surface area (TPSA) is 52.3 Å². The van der Waals surface area contributed by atoms with E-state index in [2.05, 4.69) is 4.74 Å². The Morgan fingerprint density at radius 1 is 1.53 bits per heavy atom. The monoisotopic (exact) mass is 247 g/mol. The van der Waals surface area contributed by atoms with E-state index in [4.69, 9.17) is 5.73 Å². The summed E-state index contributed by atoms with van der Waals surface area (Å²) in [6.45, 7) is 0. The zero-order valence-corrected chi connectivity index (χ0v) is 9.12. The van der Waals surface area contributed by atoms with Gasteiger partial charge in [0.25, 0.3) is 5.92 Å². The van der Waals surface area contributed by atoms with Gasteiger partial charge in [0.05, 0.1) is 7.11 Å². The van der Waals surface area contributed by atoms with Crippen LogP contribution < -0.4 is 5.73 Å². The van der Waals surface area contributed by atoms with Gasteiger partial charge < -0.3 is 10.5 Å². The first-order valence-corrected chi connectivity index (χ1v) is 4.84. The van der Waals surface area contributed by atoms with E-state index in [1.807, 2.05) is 0 Å². The van der Waals surface area contributed by atoms with Crippen LogP contribution in [0.5, 0.6) is 0 Å². The molecule has 0 aliphatic carbocycles. The maximum atomic E-state index is 13.6. The molecule has 0 saturated heterocycles. The Balaban J connectivity index is 2.84. The Morgan fingerprint density at radius 2 is 2.18 bits per heavy atom. The van der Waals surface area contributed by atoms with E-state index in [-0.39, 0.29) is 0 Å². The second kappa shape index (κ2) is 5.18. The van der Waals surface area contributed by atoms with Gasteiger partial charge in [-0.05, 0) is 12.1 Å². The van der Waals surface area contributed by atoms with E-state index in [1.54, 1.807) is 0 Å². The minimum absolute atomic E-state index is 0.517. The normalized spacial score (nSPS) is 13.2. The molecule has 0 aliphatic heterocycles. The summed E-state index contributed by atoms with van der Waals surface area (Å²) in [5.74, 6) is -5.08. The summed E-state index contributed by atoms with van der Waals surface area (Å²) >= 11 is 0. The number of ether oxygens (including phenoxy) is 1. The predicted octanol–water partition coefficient (Wildman–Crippen LogP) is 1.81. The molecular formula is C11H12F3NO2. The predicted molar refractivity (Wildman–Crippen MR) is 54.9 cm³/mol.